The van der Waals surface area contributed by atoms with Crippen LogP contribution in [0, 0.1) is 5.41 Å². The number of carbonyl (C=O) groups excluding carboxylic acids is 2. The zero-order valence-electron chi connectivity index (χ0n) is 23.8. The average Bonchev–Trinajstić information content (AvgIpc) is 3.70. The van der Waals surface area contributed by atoms with E-state index in [1.807, 2.05) is 36.4 Å². The molecule has 4 heterocycles. The summed E-state index contributed by atoms with van der Waals surface area (Å²) >= 11 is 0. The lowest BCUT2D eigenvalue weighted by molar-refractivity contribution is -0.138. The molecule has 4 aliphatic rings. The summed E-state index contributed by atoms with van der Waals surface area (Å²) in [7, 11) is 0. The van der Waals surface area contributed by atoms with Gasteiger partial charge in [0.05, 0.1) is 35.7 Å². The van der Waals surface area contributed by atoms with E-state index >= 15 is 0 Å². The Balaban J connectivity index is 1.23. The highest BCUT2D eigenvalue weighted by molar-refractivity contribution is 6.01. The maximum absolute atomic E-state index is 14.6. The molecule has 1 N–H and O–H groups in total. The van der Waals surface area contributed by atoms with Gasteiger partial charge in [0.15, 0.2) is 0 Å². The highest BCUT2D eigenvalue weighted by atomic mass is 19.4. The first kappa shape index (κ1) is 28.2. The molecule has 3 atom stereocenters. The molecule has 41 heavy (non-hydrogen) atoms. The van der Waals surface area contributed by atoms with E-state index in [9.17, 15) is 22.8 Å². The summed E-state index contributed by atoms with van der Waals surface area (Å²) in [4.78, 5) is 29.9. The van der Waals surface area contributed by atoms with Gasteiger partial charge in [-0.25, -0.2) is 0 Å². The van der Waals surface area contributed by atoms with E-state index in [0.717, 1.165) is 44.5 Å². The van der Waals surface area contributed by atoms with Gasteiger partial charge in [0.2, 0.25) is 11.8 Å². The molecule has 2 aromatic carbocycles. The van der Waals surface area contributed by atoms with Gasteiger partial charge >= 0.3 is 6.18 Å². The third kappa shape index (κ3) is 4.95. The number of anilines is 1. The molecule has 9 heteroatoms. The van der Waals surface area contributed by atoms with Crippen LogP contribution in [-0.2, 0) is 22.2 Å². The average molecular weight is 570 g/mol. The minimum Gasteiger partial charge on any atom is -0.342 e. The number of halogens is 3. The Labute approximate surface area is 240 Å². The highest BCUT2D eigenvalue weighted by Crippen LogP contribution is 2.48. The standard InChI is InChI=1S/C32H40F3N4O2/c1-23-6-5-19-39(23,26-11-15-36-22-26)25-9-10-28(27(21-25)32(33,34)35)38-18-14-31(30(38)41)12-16-37(17-13-31)29(40)20-24-7-3-2-4-8-24/h2-4,7-10,21,23,26,36H,5-6,11-20,22H2,1H3/q+1/t23-,26-,39?/m0/s1. The Bertz CT molecular complexity index is 1290. The van der Waals surface area contributed by atoms with Crippen LogP contribution in [0.3, 0.4) is 0 Å². The summed E-state index contributed by atoms with van der Waals surface area (Å²) < 4.78 is 44.5. The predicted molar refractivity (Wildman–Crippen MR) is 153 cm³/mol. The summed E-state index contributed by atoms with van der Waals surface area (Å²) in [6.45, 7) is 5.87. The van der Waals surface area contributed by atoms with E-state index in [0.29, 0.717) is 48.9 Å². The summed E-state index contributed by atoms with van der Waals surface area (Å²) in [5.41, 5.74) is 0.211. The quantitative estimate of drug-likeness (QED) is 0.508. The summed E-state index contributed by atoms with van der Waals surface area (Å²) in [5.74, 6) is -0.210. The maximum atomic E-state index is 14.6. The van der Waals surface area contributed by atoms with Crippen LogP contribution in [-0.4, -0.2) is 68.1 Å². The zero-order chi connectivity index (χ0) is 28.8. The minimum absolute atomic E-state index is 0.0222. The molecule has 4 aliphatic heterocycles. The molecule has 6 rings (SSSR count). The molecule has 0 radical (unpaired) electrons. The molecule has 6 nitrogen and oxygen atoms in total. The predicted octanol–water partition coefficient (Wildman–Crippen LogP) is 5.15. The second-order valence-corrected chi connectivity index (χ2v) is 12.5. The molecule has 0 aliphatic carbocycles. The van der Waals surface area contributed by atoms with Crippen LogP contribution in [0.5, 0.6) is 0 Å². The van der Waals surface area contributed by atoms with E-state index in [4.69, 9.17) is 0 Å². The van der Waals surface area contributed by atoms with E-state index in [1.165, 1.54) is 11.0 Å². The molecule has 2 amide bonds. The van der Waals surface area contributed by atoms with E-state index in [1.54, 1.807) is 11.0 Å². The van der Waals surface area contributed by atoms with E-state index in [-0.39, 0.29) is 36.1 Å². The number of piperidine rings is 1. The SMILES string of the molecule is C[C@H]1CCC[N+]1(c1ccc(N2CCC3(CCN(C(=O)Cc4ccccc4)CC3)C2=O)c(C(F)(F)F)c1)[C@H]1CCNC1. The molecule has 0 aromatic heterocycles. The lowest BCUT2D eigenvalue weighted by Gasteiger charge is -2.43. The number of carbonyl (C=O) groups is 2. The molecule has 1 spiro atoms. The molecular formula is C32H40F3N4O2+. The van der Waals surface area contributed by atoms with Crippen molar-refractivity contribution in [2.24, 2.45) is 5.41 Å². The van der Waals surface area contributed by atoms with Crippen molar-refractivity contribution in [2.75, 3.05) is 44.2 Å². The van der Waals surface area contributed by atoms with Crippen LogP contribution < -0.4 is 14.7 Å². The Morgan fingerprint density at radius 3 is 2.41 bits per heavy atom. The van der Waals surface area contributed by atoms with Gasteiger partial charge in [0, 0.05) is 64.1 Å². The normalized spacial score (nSPS) is 28.1. The maximum Gasteiger partial charge on any atom is 0.418 e. The number of hydrogen-bond donors (Lipinski definition) is 1. The number of rotatable bonds is 5. The largest absolute Gasteiger partial charge is 0.418 e. The fourth-order valence-electron chi connectivity index (χ4n) is 8.09. The number of benzene rings is 2. The van der Waals surface area contributed by atoms with Gasteiger partial charge in [-0.1, -0.05) is 30.3 Å². The Hall–Kier alpha value is -2.91. The van der Waals surface area contributed by atoms with Crippen LogP contribution >= 0.6 is 0 Å². The van der Waals surface area contributed by atoms with Crippen molar-refractivity contribution in [1.29, 1.82) is 0 Å². The molecule has 4 saturated heterocycles. The summed E-state index contributed by atoms with van der Waals surface area (Å²) in [6.07, 6.45) is 0.154. The number of nitrogens with zero attached hydrogens (tertiary/aromatic N) is 3. The van der Waals surface area contributed by atoms with Crippen molar-refractivity contribution < 1.29 is 22.8 Å². The molecule has 4 fully saturated rings. The minimum atomic E-state index is -4.57. The van der Waals surface area contributed by atoms with Crippen LogP contribution in [0.1, 0.15) is 56.6 Å². The molecule has 1 unspecified atom stereocenters. The Morgan fingerprint density at radius 1 is 1.05 bits per heavy atom. The van der Waals surface area contributed by atoms with Gasteiger partial charge in [-0.05, 0) is 37.8 Å². The molecule has 0 saturated carbocycles. The third-order valence-electron chi connectivity index (χ3n) is 10.5. The lowest BCUT2D eigenvalue weighted by Crippen LogP contribution is -2.59. The van der Waals surface area contributed by atoms with Gasteiger partial charge in [-0.2, -0.15) is 13.2 Å². The van der Waals surface area contributed by atoms with Crippen LogP contribution in [0.4, 0.5) is 24.5 Å². The number of amides is 2. The number of likely N-dealkylation sites (tertiary alicyclic amines) is 2. The Morgan fingerprint density at radius 2 is 1.78 bits per heavy atom. The molecule has 220 valence electrons. The lowest BCUT2D eigenvalue weighted by atomic mass is 9.77. The molecule has 0 bridgehead atoms. The van der Waals surface area contributed by atoms with E-state index in [2.05, 4.69) is 12.2 Å². The van der Waals surface area contributed by atoms with Crippen molar-refractivity contribution in [3.63, 3.8) is 0 Å². The van der Waals surface area contributed by atoms with Crippen molar-refractivity contribution in [3.05, 3.63) is 59.7 Å². The second-order valence-electron chi connectivity index (χ2n) is 12.5. The van der Waals surface area contributed by atoms with Gasteiger partial charge in [0.1, 0.15) is 11.7 Å². The topological polar surface area (TPSA) is 52.7 Å². The number of hydrogen-bond acceptors (Lipinski definition) is 3. The Kier molecular flexibility index (Phi) is 7.39. The van der Waals surface area contributed by atoms with Gasteiger partial charge < -0.3 is 15.1 Å². The second kappa shape index (κ2) is 10.7. The summed E-state index contributed by atoms with van der Waals surface area (Å²) in [6, 6.07) is 14.8. The van der Waals surface area contributed by atoms with Crippen molar-refractivity contribution in [1.82, 2.24) is 14.7 Å². The van der Waals surface area contributed by atoms with Crippen molar-refractivity contribution in [3.8, 4) is 0 Å². The van der Waals surface area contributed by atoms with Crippen molar-refractivity contribution in [2.45, 2.75) is 70.1 Å². The first-order valence-electron chi connectivity index (χ1n) is 15.1. The van der Waals surface area contributed by atoms with E-state index < -0.39 is 17.2 Å². The highest BCUT2D eigenvalue weighted by Gasteiger charge is 2.52. The first-order chi connectivity index (χ1) is 19.6. The number of nitrogens with one attached hydrogen (secondary N) is 1. The monoisotopic (exact) mass is 569 g/mol. The van der Waals surface area contributed by atoms with Crippen LogP contribution in [0.2, 0.25) is 0 Å². The van der Waals surface area contributed by atoms with Gasteiger partial charge in [-0.3, -0.25) is 14.1 Å². The van der Waals surface area contributed by atoms with Gasteiger partial charge in [-0.15, -0.1) is 0 Å². The zero-order valence-corrected chi connectivity index (χ0v) is 23.8. The van der Waals surface area contributed by atoms with Gasteiger partial charge in [0.25, 0.3) is 0 Å². The molecule has 2 aromatic rings. The third-order valence-corrected chi connectivity index (χ3v) is 10.5. The van der Waals surface area contributed by atoms with Crippen LogP contribution in [0.15, 0.2) is 48.5 Å². The fraction of sp³-hybridized carbons (Fsp3) is 0.562. The molecular weight excluding hydrogens is 529 g/mol. The van der Waals surface area contributed by atoms with Crippen LogP contribution in [0.25, 0.3) is 0 Å². The first-order valence-corrected chi connectivity index (χ1v) is 15.1. The fourth-order valence-corrected chi connectivity index (χ4v) is 8.09. The number of quaternary nitrogens is 1. The smallest absolute Gasteiger partial charge is 0.342 e. The van der Waals surface area contributed by atoms with Crippen molar-refractivity contribution >= 4 is 23.2 Å². The summed E-state index contributed by atoms with van der Waals surface area (Å²) in [5, 5.41) is 3.41. The number of alkyl halides is 3.